The highest BCUT2D eigenvalue weighted by atomic mass is 16.6. The third-order valence-corrected chi connectivity index (χ3v) is 11.3. The number of aliphatic hydroxyl groups excluding tert-OH is 1. The second-order valence-electron chi connectivity index (χ2n) is 16.0. The number of amides is 5. The maximum absolute atomic E-state index is 14.3. The highest BCUT2D eigenvalue weighted by molar-refractivity contribution is 5.91. The molecule has 10 atom stereocenters. The molecule has 0 radical (unpaired) electrons. The highest BCUT2D eigenvalue weighted by Gasteiger charge is 2.43. The lowest BCUT2D eigenvalue weighted by molar-refractivity contribution is -0.148. The number of carbonyl (C=O) groups is 5. The molecule has 0 saturated carbocycles. The van der Waals surface area contributed by atoms with E-state index in [0.29, 0.717) is 24.9 Å². The van der Waals surface area contributed by atoms with E-state index in [1.54, 1.807) is 37.6 Å². The number of carbonyl (C=O) groups excluding carboxylic acids is 5. The van der Waals surface area contributed by atoms with Crippen molar-refractivity contribution in [3.8, 4) is 0 Å². The van der Waals surface area contributed by atoms with Crippen LogP contribution in [0.5, 0.6) is 0 Å². The molecule has 5 amide bonds. The van der Waals surface area contributed by atoms with Gasteiger partial charge in [0.15, 0.2) is 0 Å². The first-order chi connectivity index (χ1) is 26.4. The van der Waals surface area contributed by atoms with Crippen LogP contribution in [0, 0.1) is 23.7 Å². The van der Waals surface area contributed by atoms with Crippen molar-refractivity contribution in [3.05, 3.63) is 35.9 Å². The van der Waals surface area contributed by atoms with Crippen LogP contribution in [0.3, 0.4) is 0 Å². The molecule has 318 valence electrons. The van der Waals surface area contributed by atoms with Crippen LogP contribution in [0.4, 0.5) is 4.79 Å². The number of hydrogen-bond acceptors (Lipinski definition) is 9. The summed E-state index contributed by atoms with van der Waals surface area (Å²) < 4.78 is 17.1. The zero-order valence-corrected chi connectivity index (χ0v) is 36.1. The molecule has 1 aromatic carbocycles. The molecular weight excluding hydrogens is 718 g/mol. The van der Waals surface area contributed by atoms with Crippen LogP contribution in [0.25, 0.3) is 0 Å². The zero-order chi connectivity index (χ0) is 42.4. The van der Waals surface area contributed by atoms with E-state index >= 15 is 0 Å². The molecule has 14 heteroatoms. The average molecular weight is 790 g/mol. The fourth-order valence-electron chi connectivity index (χ4n) is 7.92. The van der Waals surface area contributed by atoms with Gasteiger partial charge in [0.25, 0.3) is 0 Å². The van der Waals surface area contributed by atoms with Gasteiger partial charge in [-0.25, -0.2) is 4.79 Å². The van der Waals surface area contributed by atoms with Crippen molar-refractivity contribution in [3.63, 3.8) is 0 Å². The van der Waals surface area contributed by atoms with Gasteiger partial charge in [0.05, 0.1) is 55.4 Å². The first kappa shape index (κ1) is 48.4. The summed E-state index contributed by atoms with van der Waals surface area (Å²) in [6.07, 6.45) is -0.757. The van der Waals surface area contributed by atoms with Gasteiger partial charge in [-0.3, -0.25) is 24.1 Å². The van der Waals surface area contributed by atoms with Gasteiger partial charge in [0.2, 0.25) is 23.6 Å². The van der Waals surface area contributed by atoms with Gasteiger partial charge in [0.1, 0.15) is 12.1 Å². The minimum absolute atomic E-state index is 0.0184. The SMILES string of the molecule is CCOC(=O)N(C)[C@H](C(=O)N[C@H](C(=O)N(C)C([C@@H](C)CC)[C@@H](CC(=O)N1CCC[C@H]1[C@H](OC)[C@@H](C)C(=O)N[C@H](C)[C@@H](O)c1ccccc1)OC)C(C)C)C(C)C. The zero-order valence-electron chi connectivity index (χ0n) is 36.1. The van der Waals surface area contributed by atoms with Crippen molar-refractivity contribution in [2.45, 2.75) is 137 Å². The molecule has 56 heavy (non-hydrogen) atoms. The molecule has 1 aliphatic rings. The van der Waals surface area contributed by atoms with Crippen LogP contribution >= 0.6 is 0 Å². The molecular formula is C42H71N5O9. The highest BCUT2D eigenvalue weighted by Crippen LogP contribution is 2.30. The van der Waals surface area contributed by atoms with Crippen molar-refractivity contribution in [2.75, 3.05) is 41.5 Å². The summed E-state index contributed by atoms with van der Waals surface area (Å²) in [6, 6.07) is 5.90. The minimum Gasteiger partial charge on any atom is -0.450 e. The molecule has 1 fully saturated rings. The van der Waals surface area contributed by atoms with Crippen molar-refractivity contribution < 1.29 is 43.3 Å². The van der Waals surface area contributed by atoms with Gasteiger partial charge in [-0.2, -0.15) is 0 Å². The molecule has 1 aliphatic heterocycles. The molecule has 0 bridgehead atoms. The molecule has 1 heterocycles. The number of hydrogen-bond donors (Lipinski definition) is 3. The second kappa shape index (κ2) is 22.9. The molecule has 3 N–H and O–H groups in total. The Kier molecular flexibility index (Phi) is 19.8. The topological polar surface area (TPSA) is 167 Å². The van der Waals surface area contributed by atoms with Crippen LogP contribution in [0.15, 0.2) is 30.3 Å². The van der Waals surface area contributed by atoms with Gasteiger partial charge < -0.3 is 39.8 Å². The van der Waals surface area contributed by atoms with Crippen LogP contribution in [0.2, 0.25) is 0 Å². The first-order valence-electron chi connectivity index (χ1n) is 20.2. The smallest absolute Gasteiger partial charge is 0.410 e. The summed E-state index contributed by atoms with van der Waals surface area (Å²) >= 11 is 0. The Balaban J connectivity index is 2.28. The van der Waals surface area contributed by atoms with E-state index in [2.05, 4.69) is 10.6 Å². The van der Waals surface area contributed by atoms with E-state index in [9.17, 15) is 29.1 Å². The predicted molar refractivity (Wildman–Crippen MR) is 215 cm³/mol. The molecule has 0 spiro atoms. The minimum atomic E-state index is -0.918. The van der Waals surface area contributed by atoms with Crippen molar-refractivity contribution >= 4 is 29.7 Å². The fourth-order valence-corrected chi connectivity index (χ4v) is 7.92. The third-order valence-electron chi connectivity index (χ3n) is 11.3. The van der Waals surface area contributed by atoms with Crippen LogP contribution < -0.4 is 10.6 Å². The normalized spacial score (nSPS) is 19.2. The molecule has 0 aliphatic carbocycles. The number of aliphatic hydroxyl groups is 1. The Morgan fingerprint density at radius 1 is 0.875 bits per heavy atom. The van der Waals surface area contributed by atoms with Crippen molar-refractivity contribution in [1.29, 1.82) is 0 Å². The van der Waals surface area contributed by atoms with E-state index < -0.39 is 60.4 Å². The van der Waals surface area contributed by atoms with Crippen LogP contribution in [-0.4, -0.2) is 133 Å². The number of ether oxygens (including phenoxy) is 3. The second-order valence-corrected chi connectivity index (χ2v) is 16.0. The Morgan fingerprint density at radius 3 is 2.02 bits per heavy atom. The van der Waals surface area contributed by atoms with Gasteiger partial charge in [-0.1, -0.05) is 85.2 Å². The van der Waals surface area contributed by atoms with Gasteiger partial charge in [0, 0.05) is 34.9 Å². The van der Waals surface area contributed by atoms with Gasteiger partial charge >= 0.3 is 6.09 Å². The van der Waals surface area contributed by atoms with Gasteiger partial charge in [-0.05, 0) is 50.0 Å². The quantitative estimate of drug-likeness (QED) is 0.164. The number of nitrogens with one attached hydrogen (secondary N) is 2. The number of rotatable bonds is 21. The Hall–Kier alpha value is -3.75. The first-order valence-corrected chi connectivity index (χ1v) is 20.2. The summed E-state index contributed by atoms with van der Waals surface area (Å²) in [4.78, 5) is 72.9. The molecule has 0 aromatic heterocycles. The number of benzene rings is 1. The summed E-state index contributed by atoms with van der Waals surface area (Å²) in [5.41, 5.74) is 0.697. The standard InChI is InChI=1S/C42H71N5O9/c1-14-27(7)36(45(10)41(52)34(25(3)4)44-40(51)35(26(5)6)46(11)42(53)56-15-2)32(54-12)24-33(48)47-23-19-22-31(47)38(55-13)28(8)39(50)43-29(9)37(49)30-20-17-16-18-21-30/h16-18,20-21,25-29,31-32,34-38,49H,14-15,19,22-24H2,1-13H3,(H,43,50)(H,44,51)/t27-,28+,29+,31-,32+,34-,35-,36?,37+,38+/m0/s1. The molecule has 1 saturated heterocycles. The van der Waals surface area contributed by atoms with Crippen LogP contribution in [0.1, 0.15) is 99.7 Å². The molecule has 1 aromatic rings. The maximum Gasteiger partial charge on any atom is 0.410 e. The van der Waals surface area contributed by atoms with E-state index in [-0.39, 0.29) is 54.5 Å². The van der Waals surface area contributed by atoms with E-state index in [4.69, 9.17) is 14.2 Å². The lowest BCUT2D eigenvalue weighted by Crippen LogP contribution is -2.60. The summed E-state index contributed by atoms with van der Waals surface area (Å²) in [5.74, 6) is -2.53. The van der Waals surface area contributed by atoms with E-state index in [1.807, 2.05) is 71.9 Å². The lowest BCUT2D eigenvalue weighted by atomic mass is 9.89. The summed E-state index contributed by atoms with van der Waals surface area (Å²) in [5, 5.41) is 16.7. The lowest BCUT2D eigenvalue weighted by Gasteiger charge is -2.41. The van der Waals surface area contributed by atoms with E-state index in [0.717, 1.165) is 6.42 Å². The average Bonchev–Trinajstić information content (AvgIpc) is 3.65. The number of likely N-dealkylation sites (tertiary alicyclic amines) is 1. The Labute approximate surface area is 335 Å². The van der Waals surface area contributed by atoms with E-state index in [1.165, 1.54) is 26.2 Å². The number of nitrogens with zero attached hydrogens (tertiary/aromatic N) is 3. The predicted octanol–water partition coefficient (Wildman–Crippen LogP) is 4.40. The summed E-state index contributed by atoms with van der Waals surface area (Å²) in [6.45, 7) is 17.2. The monoisotopic (exact) mass is 790 g/mol. The van der Waals surface area contributed by atoms with Gasteiger partial charge in [-0.15, -0.1) is 0 Å². The Morgan fingerprint density at radius 2 is 1.50 bits per heavy atom. The maximum atomic E-state index is 14.3. The van der Waals surface area contributed by atoms with Crippen molar-refractivity contribution in [2.24, 2.45) is 23.7 Å². The van der Waals surface area contributed by atoms with Crippen LogP contribution in [-0.2, 0) is 33.4 Å². The Bertz CT molecular complexity index is 1410. The number of methoxy groups -OCH3 is 2. The largest absolute Gasteiger partial charge is 0.450 e. The third kappa shape index (κ3) is 12.4. The van der Waals surface area contributed by atoms with Crippen molar-refractivity contribution in [1.82, 2.24) is 25.3 Å². The molecule has 14 nitrogen and oxygen atoms in total. The summed E-state index contributed by atoms with van der Waals surface area (Å²) in [7, 11) is 6.26. The fraction of sp³-hybridized carbons (Fsp3) is 0.738. The molecule has 1 unspecified atom stereocenters. The molecule has 2 rings (SSSR count). The number of likely N-dealkylation sites (N-methyl/N-ethyl adjacent to an activating group) is 2.